The van der Waals surface area contributed by atoms with Crippen molar-refractivity contribution in [3.8, 4) is 11.3 Å². The van der Waals surface area contributed by atoms with Gasteiger partial charge in [0.25, 0.3) is 5.91 Å². The number of hydrogen-bond acceptors (Lipinski definition) is 4. The number of carbonyl (C=O) groups is 1. The third-order valence-electron chi connectivity index (χ3n) is 3.38. The molecule has 2 aromatic heterocycles. The van der Waals surface area contributed by atoms with E-state index < -0.39 is 0 Å². The van der Waals surface area contributed by atoms with Gasteiger partial charge in [-0.15, -0.1) is 11.3 Å². The monoisotopic (exact) mass is 323 g/mol. The fourth-order valence-electron chi connectivity index (χ4n) is 2.30. The van der Waals surface area contributed by atoms with Crippen LogP contribution in [-0.4, -0.2) is 15.9 Å². The first-order chi connectivity index (χ1) is 11.3. The van der Waals surface area contributed by atoms with Crippen molar-refractivity contribution in [2.75, 3.05) is 5.32 Å². The van der Waals surface area contributed by atoms with Crippen LogP contribution in [0.25, 0.3) is 11.3 Å². The fraction of sp³-hybridized carbons (Fsp3) is 0.167. The second-order valence-corrected chi connectivity index (χ2v) is 6.18. The summed E-state index contributed by atoms with van der Waals surface area (Å²) in [5, 5.41) is 3.52. The van der Waals surface area contributed by atoms with Crippen LogP contribution in [0.5, 0.6) is 0 Å². The van der Waals surface area contributed by atoms with E-state index in [1.165, 1.54) is 4.88 Å². The molecule has 0 radical (unpaired) electrons. The van der Waals surface area contributed by atoms with Crippen molar-refractivity contribution in [2.24, 2.45) is 0 Å². The summed E-state index contributed by atoms with van der Waals surface area (Å²) in [5.74, 6) is -0.163. The quantitative estimate of drug-likeness (QED) is 0.756. The number of carbonyl (C=O) groups excluding carboxylic acids is 1. The first-order valence-corrected chi connectivity index (χ1v) is 8.36. The summed E-state index contributed by atoms with van der Waals surface area (Å²) >= 11 is 1.54. The standard InChI is InChI=1S/C18H17N3OS/c1-2-6-15-16(13-7-4-3-5-8-13)20-18(23-15)21-17(22)14-9-11-19-12-10-14/h3-5,7-12H,2,6H2,1H3,(H,20,21,22). The Morgan fingerprint density at radius 1 is 1.13 bits per heavy atom. The molecule has 3 rings (SSSR count). The Morgan fingerprint density at radius 2 is 1.87 bits per heavy atom. The van der Waals surface area contributed by atoms with E-state index in [2.05, 4.69) is 22.2 Å². The Morgan fingerprint density at radius 3 is 2.57 bits per heavy atom. The average molecular weight is 323 g/mol. The molecule has 0 atom stereocenters. The number of pyridine rings is 1. The smallest absolute Gasteiger partial charge is 0.257 e. The number of hydrogen-bond donors (Lipinski definition) is 1. The maximum Gasteiger partial charge on any atom is 0.257 e. The van der Waals surface area contributed by atoms with E-state index in [1.807, 2.05) is 30.3 Å². The molecule has 1 N–H and O–H groups in total. The average Bonchev–Trinajstić information content (AvgIpc) is 2.99. The Hall–Kier alpha value is -2.53. The second kappa shape index (κ2) is 7.15. The zero-order chi connectivity index (χ0) is 16.1. The van der Waals surface area contributed by atoms with E-state index >= 15 is 0 Å². The molecule has 116 valence electrons. The molecule has 1 aromatic carbocycles. The highest BCUT2D eigenvalue weighted by molar-refractivity contribution is 7.16. The molecule has 0 saturated carbocycles. The highest BCUT2D eigenvalue weighted by Crippen LogP contribution is 2.32. The molecule has 0 aliphatic heterocycles. The number of aromatic nitrogens is 2. The van der Waals surface area contributed by atoms with E-state index in [-0.39, 0.29) is 5.91 Å². The summed E-state index contributed by atoms with van der Waals surface area (Å²) in [5.41, 5.74) is 2.62. The van der Waals surface area contributed by atoms with Crippen molar-refractivity contribution in [2.45, 2.75) is 19.8 Å². The molecule has 0 bridgehead atoms. The van der Waals surface area contributed by atoms with Gasteiger partial charge >= 0.3 is 0 Å². The number of thiazole rings is 1. The lowest BCUT2D eigenvalue weighted by atomic mass is 10.1. The predicted molar refractivity (Wildman–Crippen MR) is 93.7 cm³/mol. The van der Waals surface area contributed by atoms with E-state index in [4.69, 9.17) is 0 Å². The number of nitrogens with zero attached hydrogens (tertiary/aromatic N) is 2. The molecule has 0 aliphatic carbocycles. The van der Waals surface area contributed by atoms with Gasteiger partial charge < -0.3 is 0 Å². The van der Waals surface area contributed by atoms with Gasteiger partial charge in [-0.3, -0.25) is 15.1 Å². The maximum atomic E-state index is 12.3. The van der Waals surface area contributed by atoms with Crippen LogP contribution in [0.3, 0.4) is 0 Å². The van der Waals surface area contributed by atoms with Gasteiger partial charge in [-0.25, -0.2) is 4.98 Å². The lowest BCUT2D eigenvalue weighted by Crippen LogP contribution is -2.11. The van der Waals surface area contributed by atoms with Crippen molar-refractivity contribution in [1.29, 1.82) is 0 Å². The third kappa shape index (κ3) is 3.63. The molecule has 23 heavy (non-hydrogen) atoms. The molecule has 0 spiro atoms. The third-order valence-corrected chi connectivity index (χ3v) is 4.42. The molecule has 4 nitrogen and oxygen atoms in total. The minimum absolute atomic E-state index is 0.163. The maximum absolute atomic E-state index is 12.3. The number of nitrogens with one attached hydrogen (secondary N) is 1. The summed E-state index contributed by atoms with van der Waals surface area (Å²) in [4.78, 5) is 22.0. The molecular weight excluding hydrogens is 306 g/mol. The van der Waals surface area contributed by atoms with Gasteiger partial charge in [0, 0.05) is 28.4 Å². The Labute approximate surface area is 139 Å². The molecule has 5 heteroatoms. The second-order valence-electron chi connectivity index (χ2n) is 5.10. The van der Waals surface area contributed by atoms with Crippen molar-refractivity contribution in [3.63, 3.8) is 0 Å². The fourth-order valence-corrected chi connectivity index (χ4v) is 3.38. The van der Waals surface area contributed by atoms with Gasteiger partial charge in [-0.05, 0) is 18.6 Å². The number of rotatable bonds is 5. The van der Waals surface area contributed by atoms with Gasteiger partial charge in [0.2, 0.25) is 0 Å². The Bertz CT molecular complexity index is 785. The zero-order valence-electron chi connectivity index (χ0n) is 12.8. The van der Waals surface area contributed by atoms with E-state index in [0.29, 0.717) is 10.7 Å². The van der Waals surface area contributed by atoms with Crippen LogP contribution < -0.4 is 5.32 Å². The molecule has 0 aliphatic rings. The van der Waals surface area contributed by atoms with E-state index in [9.17, 15) is 4.79 Å². The molecule has 3 aromatic rings. The first-order valence-electron chi connectivity index (χ1n) is 7.54. The van der Waals surface area contributed by atoms with E-state index in [1.54, 1.807) is 35.9 Å². The lowest BCUT2D eigenvalue weighted by molar-refractivity contribution is 0.102. The summed E-state index contributed by atoms with van der Waals surface area (Å²) in [6.07, 6.45) is 5.20. The summed E-state index contributed by atoms with van der Waals surface area (Å²) in [6.45, 7) is 2.14. The molecule has 0 saturated heterocycles. The van der Waals surface area contributed by atoms with Crippen LogP contribution in [0.2, 0.25) is 0 Å². The van der Waals surface area contributed by atoms with Crippen LogP contribution in [0, 0.1) is 0 Å². The van der Waals surface area contributed by atoms with Crippen molar-refractivity contribution >= 4 is 22.4 Å². The van der Waals surface area contributed by atoms with Gasteiger partial charge in [-0.1, -0.05) is 43.7 Å². The highest BCUT2D eigenvalue weighted by Gasteiger charge is 2.14. The minimum atomic E-state index is -0.163. The van der Waals surface area contributed by atoms with Crippen LogP contribution >= 0.6 is 11.3 Å². The van der Waals surface area contributed by atoms with Crippen LogP contribution in [-0.2, 0) is 6.42 Å². The number of aryl methyl sites for hydroxylation is 1. The predicted octanol–water partition coefficient (Wildman–Crippen LogP) is 4.41. The molecule has 2 heterocycles. The number of amides is 1. The largest absolute Gasteiger partial charge is 0.298 e. The molecule has 0 fully saturated rings. The number of anilines is 1. The zero-order valence-corrected chi connectivity index (χ0v) is 13.6. The van der Waals surface area contributed by atoms with Crippen molar-refractivity contribution < 1.29 is 4.79 Å². The molecule has 1 amide bonds. The van der Waals surface area contributed by atoms with Gasteiger partial charge in [-0.2, -0.15) is 0 Å². The van der Waals surface area contributed by atoms with Crippen molar-refractivity contribution in [1.82, 2.24) is 9.97 Å². The number of benzene rings is 1. The summed E-state index contributed by atoms with van der Waals surface area (Å²) in [6, 6.07) is 13.5. The minimum Gasteiger partial charge on any atom is -0.298 e. The SMILES string of the molecule is CCCc1sc(NC(=O)c2ccncc2)nc1-c1ccccc1. The van der Waals surface area contributed by atoms with E-state index in [0.717, 1.165) is 24.1 Å². The van der Waals surface area contributed by atoms with Gasteiger partial charge in [0.1, 0.15) is 0 Å². The van der Waals surface area contributed by atoms with Gasteiger partial charge in [0.15, 0.2) is 5.13 Å². The highest BCUT2D eigenvalue weighted by atomic mass is 32.1. The molecule has 0 unspecified atom stereocenters. The Balaban J connectivity index is 1.88. The Kier molecular flexibility index (Phi) is 4.78. The van der Waals surface area contributed by atoms with Crippen molar-refractivity contribution in [3.05, 3.63) is 65.3 Å². The summed E-state index contributed by atoms with van der Waals surface area (Å²) in [7, 11) is 0. The molecular formula is C18H17N3OS. The normalized spacial score (nSPS) is 10.5. The van der Waals surface area contributed by atoms with Crippen LogP contribution in [0.15, 0.2) is 54.9 Å². The van der Waals surface area contributed by atoms with Gasteiger partial charge in [0.05, 0.1) is 5.69 Å². The summed E-state index contributed by atoms with van der Waals surface area (Å²) < 4.78 is 0. The topological polar surface area (TPSA) is 54.9 Å². The van der Waals surface area contributed by atoms with Crippen LogP contribution in [0.4, 0.5) is 5.13 Å². The first kappa shape index (κ1) is 15.4. The van der Waals surface area contributed by atoms with Crippen LogP contribution in [0.1, 0.15) is 28.6 Å². The lowest BCUT2D eigenvalue weighted by Gasteiger charge is -2.00.